The molecule has 0 aliphatic heterocycles. The maximum atomic E-state index is 13.2. The van der Waals surface area contributed by atoms with Crippen LogP contribution in [0.2, 0.25) is 0 Å². The summed E-state index contributed by atoms with van der Waals surface area (Å²) in [6, 6.07) is 30.0. The second kappa shape index (κ2) is 15.7. The molecule has 0 fully saturated rings. The molecular weight excluding hydrogens is 669 g/mol. The highest BCUT2D eigenvalue weighted by Crippen LogP contribution is 2.30. The van der Waals surface area contributed by atoms with Crippen LogP contribution in [0.15, 0.2) is 108 Å². The number of methoxy groups -OCH3 is 2. The molecule has 0 atom stereocenters. The van der Waals surface area contributed by atoms with Crippen molar-refractivity contribution in [2.24, 2.45) is 0 Å². The van der Waals surface area contributed by atoms with Crippen molar-refractivity contribution in [1.82, 2.24) is 9.97 Å². The van der Waals surface area contributed by atoms with E-state index in [9.17, 15) is 14.4 Å². The summed E-state index contributed by atoms with van der Waals surface area (Å²) in [5, 5.41) is 7.62. The molecule has 2 heterocycles. The van der Waals surface area contributed by atoms with Crippen molar-refractivity contribution in [3.8, 4) is 33.6 Å². The summed E-state index contributed by atoms with van der Waals surface area (Å²) in [7, 11) is 2.71. The van der Waals surface area contributed by atoms with Crippen LogP contribution in [0.4, 0.5) is 10.3 Å². The number of rotatable bonds is 7. The molecule has 0 unspecified atom stereocenters. The lowest BCUT2D eigenvalue weighted by molar-refractivity contribution is 0.0592. The monoisotopic (exact) mass is 704 g/mol. The largest absolute Gasteiger partial charge is 0.465 e. The zero-order chi connectivity index (χ0) is 35.8. The molecule has 9 nitrogen and oxygen atoms in total. The lowest BCUT2D eigenvalue weighted by Gasteiger charge is -2.19. The van der Waals surface area contributed by atoms with Gasteiger partial charge in [0.15, 0.2) is 10.3 Å². The molecular formula is C39H36N4O5S2. The molecule has 3 N–H and O–H groups in total. The fourth-order valence-electron chi connectivity index (χ4n) is 4.98. The molecule has 0 saturated heterocycles. The van der Waals surface area contributed by atoms with Crippen molar-refractivity contribution in [2.75, 3.05) is 25.3 Å². The highest BCUT2D eigenvalue weighted by Gasteiger charge is 2.17. The SMILES string of the molecule is COC(=O)c1cccc(-c2csc(N)n2)c1.COC(=O)c1cccc(-c2csc(NC(=O)c3ccccc3-c3ccc(C(C)(C)C)cc3)n2)c1. The van der Waals surface area contributed by atoms with E-state index in [0.717, 1.165) is 27.9 Å². The fourth-order valence-corrected chi connectivity index (χ4v) is 6.26. The standard InChI is InChI=1S/C28H26N2O3S.C11H10N2O2S/c1-28(2,3)21-14-12-18(13-15-21)22-10-5-6-11-23(22)25(31)30-27-29-24(17-34-27)19-8-7-9-20(16-19)26(32)33-4;1-15-10(14)8-4-2-3-7(5-8)9-6-16-11(12)13-9/h5-17H,1-4H3,(H,29,30,31);2-6H,1H3,(H2,12,13). The van der Waals surface area contributed by atoms with Crippen LogP contribution >= 0.6 is 22.7 Å². The van der Waals surface area contributed by atoms with Crippen LogP contribution in [0, 0.1) is 0 Å². The summed E-state index contributed by atoms with van der Waals surface area (Å²) in [4.78, 5) is 45.0. The number of aromatic nitrogens is 2. The van der Waals surface area contributed by atoms with Gasteiger partial charge in [-0.25, -0.2) is 19.6 Å². The maximum absolute atomic E-state index is 13.2. The number of anilines is 2. The lowest BCUT2D eigenvalue weighted by atomic mass is 9.86. The molecule has 2 aromatic heterocycles. The highest BCUT2D eigenvalue weighted by molar-refractivity contribution is 7.14. The molecule has 0 bridgehead atoms. The van der Waals surface area contributed by atoms with Crippen LogP contribution < -0.4 is 11.1 Å². The first-order chi connectivity index (χ1) is 24.0. The van der Waals surface area contributed by atoms with Crippen LogP contribution in [0.5, 0.6) is 0 Å². The summed E-state index contributed by atoms with van der Waals surface area (Å²) in [5.74, 6) is -0.984. The van der Waals surface area contributed by atoms with E-state index < -0.39 is 5.97 Å². The van der Waals surface area contributed by atoms with Gasteiger partial charge in [0.1, 0.15) is 0 Å². The Morgan fingerprint density at radius 2 is 1.24 bits per heavy atom. The van der Waals surface area contributed by atoms with Gasteiger partial charge in [-0.05, 0) is 52.4 Å². The number of hydrogen-bond acceptors (Lipinski definition) is 10. The second-order valence-corrected chi connectivity index (χ2v) is 13.8. The van der Waals surface area contributed by atoms with Crippen molar-refractivity contribution in [3.63, 3.8) is 0 Å². The van der Waals surface area contributed by atoms with Crippen molar-refractivity contribution < 1.29 is 23.9 Å². The first kappa shape index (κ1) is 35.7. The van der Waals surface area contributed by atoms with Gasteiger partial charge < -0.3 is 15.2 Å². The number of carbonyl (C=O) groups excluding carboxylic acids is 3. The number of nitrogens with zero attached hydrogens (tertiary/aromatic N) is 2. The van der Waals surface area contributed by atoms with Gasteiger partial charge in [-0.1, -0.05) is 87.5 Å². The first-order valence-corrected chi connectivity index (χ1v) is 17.3. The number of carbonyl (C=O) groups is 3. The Balaban J connectivity index is 0.000000253. The molecule has 0 saturated carbocycles. The van der Waals surface area contributed by atoms with Crippen molar-refractivity contribution in [3.05, 3.63) is 130 Å². The van der Waals surface area contributed by atoms with Gasteiger partial charge in [-0.15, -0.1) is 22.7 Å². The number of amides is 1. The predicted molar refractivity (Wildman–Crippen MR) is 201 cm³/mol. The highest BCUT2D eigenvalue weighted by atomic mass is 32.1. The van der Waals surface area contributed by atoms with Crippen LogP contribution in [-0.2, 0) is 14.9 Å². The smallest absolute Gasteiger partial charge is 0.337 e. The van der Waals surface area contributed by atoms with E-state index in [1.807, 2.05) is 47.2 Å². The molecule has 0 spiro atoms. The Kier molecular flexibility index (Phi) is 11.2. The zero-order valence-electron chi connectivity index (χ0n) is 28.2. The van der Waals surface area contributed by atoms with E-state index in [4.69, 9.17) is 10.5 Å². The van der Waals surface area contributed by atoms with E-state index in [2.05, 4.69) is 65.1 Å². The average molecular weight is 705 g/mol. The zero-order valence-corrected chi connectivity index (χ0v) is 29.9. The second-order valence-electron chi connectivity index (χ2n) is 12.1. The molecule has 50 heavy (non-hydrogen) atoms. The van der Waals surface area contributed by atoms with Crippen LogP contribution in [0.25, 0.3) is 33.6 Å². The van der Waals surface area contributed by atoms with E-state index >= 15 is 0 Å². The normalized spacial score (nSPS) is 10.8. The number of nitrogens with one attached hydrogen (secondary N) is 1. The molecule has 6 aromatic rings. The summed E-state index contributed by atoms with van der Waals surface area (Å²) >= 11 is 2.70. The van der Waals surface area contributed by atoms with Gasteiger partial charge in [0.2, 0.25) is 0 Å². The Bertz CT molecular complexity index is 2130. The van der Waals surface area contributed by atoms with Gasteiger partial charge in [-0.3, -0.25) is 10.1 Å². The maximum Gasteiger partial charge on any atom is 0.337 e. The predicted octanol–water partition coefficient (Wildman–Crippen LogP) is 8.99. The van der Waals surface area contributed by atoms with Crippen LogP contribution in [-0.4, -0.2) is 42.0 Å². The van der Waals surface area contributed by atoms with E-state index in [0.29, 0.717) is 32.6 Å². The van der Waals surface area contributed by atoms with Crippen molar-refractivity contribution in [2.45, 2.75) is 26.2 Å². The third kappa shape index (κ3) is 8.68. The molecule has 0 aliphatic carbocycles. The minimum atomic E-state index is -0.405. The molecule has 4 aromatic carbocycles. The summed E-state index contributed by atoms with van der Waals surface area (Å²) < 4.78 is 9.44. The molecule has 11 heteroatoms. The molecule has 6 rings (SSSR count). The number of hydrogen-bond donors (Lipinski definition) is 2. The number of ether oxygens (including phenoxy) is 2. The number of nitrogens with two attached hydrogens (primary N) is 1. The van der Waals surface area contributed by atoms with Crippen LogP contribution in [0.3, 0.4) is 0 Å². The summed E-state index contributed by atoms with van der Waals surface area (Å²) in [6.45, 7) is 6.53. The third-order valence-corrected chi connectivity index (χ3v) is 9.07. The van der Waals surface area contributed by atoms with Gasteiger partial charge >= 0.3 is 11.9 Å². The van der Waals surface area contributed by atoms with Gasteiger partial charge in [0.25, 0.3) is 5.91 Å². The first-order valence-electron chi connectivity index (χ1n) is 15.5. The number of esters is 2. The summed E-state index contributed by atoms with van der Waals surface area (Å²) in [6.07, 6.45) is 0. The van der Waals surface area contributed by atoms with Crippen LogP contribution in [0.1, 0.15) is 57.4 Å². The fraction of sp³-hybridized carbons (Fsp3) is 0.154. The number of thiazole rings is 2. The van der Waals surface area contributed by atoms with E-state index in [-0.39, 0.29) is 17.3 Å². The molecule has 254 valence electrons. The Hall–Kier alpha value is -5.65. The van der Waals surface area contributed by atoms with Crippen molar-refractivity contribution >= 4 is 50.8 Å². The Labute approximate surface area is 298 Å². The lowest BCUT2D eigenvalue weighted by Crippen LogP contribution is -2.13. The summed E-state index contributed by atoms with van der Waals surface area (Å²) in [5.41, 5.74) is 13.3. The van der Waals surface area contributed by atoms with E-state index in [1.54, 1.807) is 36.4 Å². The van der Waals surface area contributed by atoms with Gasteiger partial charge in [0.05, 0.1) is 36.7 Å². The van der Waals surface area contributed by atoms with E-state index in [1.165, 1.54) is 42.5 Å². The number of nitrogen functional groups attached to an aromatic ring is 1. The van der Waals surface area contributed by atoms with Gasteiger partial charge in [-0.2, -0.15) is 0 Å². The number of benzene rings is 4. The molecule has 0 aliphatic rings. The Morgan fingerprint density at radius 3 is 1.78 bits per heavy atom. The third-order valence-electron chi connectivity index (χ3n) is 7.64. The average Bonchev–Trinajstić information content (AvgIpc) is 3.80. The molecule has 1 amide bonds. The minimum Gasteiger partial charge on any atom is -0.465 e. The molecule has 0 radical (unpaired) electrons. The topological polar surface area (TPSA) is 134 Å². The van der Waals surface area contributed by atoms with Crippen molar-refractivity contribution in [1.29, 1.82) is 0 Å². The Morgan fingerprint density at radius 1 is 0.680 bits per heavy atom. The minimum absolute atomic E-state index is 0.0638. The van der Waals surface area contributed by atoms with Gasteiger partial charge in [0, 0.05) is 27.5 Å². The quantitative estimate of drug-likeness (QED) is 0.157.